The Labute approximate surface area is 104 Å². The van der Waals surface area contributed by atoms with Gasteiger partial charge in [-0.15, -0.1) is 0 Å². The third kappa shape index (κ3) is 2.64. The largest absolute Gasteiger partial charge is 0.241 e. The van der Waals surface area contributed by atoms with Crippen LogP contribution in [0, 0.1) is 11.8 Å². The van der Waals surface area contributed by atoms with Crippen LogP contribution in [0.5, 0.6) is 0 Å². The van der Waals surface area contributed by atoms with Gasteiger partial charge in [-0.25, -0.2) is 13.1 Å². The van der Waals surface area contributed by atoms with Crippen LogP contribution in [0.25, 0.3) is 0 Å². The maximum absolute atomic E-state index is 12.0. The Morgan fingerprint density at radius 3 is 2.62 bits per heavy atom. The molecule has 3 nitrogen and oxygen atoms in total. The molecule has 1 fully saturated rings. The maximum Gasteiger partial charge on any atom is 0.241 e. The van der Waals surface area contributed by atoms with Crippen molar-refractivity contribution in [1.82, 2.24) is 4.72 Å². The number of rotatable bonds is 4. The van der Waals surface area contributed by atoms with Gasteiger partial charge in [0.1, 0.15) is 0 Å². The van der Waals surface area contributed by atoms with Gasteiger partial charge in [0.05, 0.1) is 4.90 Å². The van der Waals surface area contributed by atoms with Gasteiger partial charge in [-0.1, -0.05) is 19.1 Å². The summed E-state index contributed by atoms with van der Waals surface area (Å²) in [4.78, 5) is 0.309. The van der Waals surface area contributed by atoms with Crippen molar-refractivity contribution in [2.24, 2.45) is 11.8 Å². The third-order valence-corrected chi connectivity index (χ3v) is 5.37. The Morgan fingerprint density at radius 1 is 1.44 bits per heavy atom. The van der Waals surface area contributed by atoms with Crippen molar-refractivity contribution in [2.45, 2.75) is 18.2 Å². The Kier molecular flexibility index (Phi) is 3.37. The van der Waals surface area contributed by atoms with Crippen molar-refractivity contribution in [2.75, 3.05) is 6.54 Å². The van der Waals surface area contributed by atoms with E-state index in [1.54, 1.807) is 24.3 Å². The normalized spacial score (nSPS) is 24.4. The Hall–Kier alpha value is -0.390. The van der Waals surface area contributed by atoms with Gasteiger partial charge in [0.2, 0.25) is 10.0 Å². The number of benzene rings is 1. The summed E-state index contributed by atoms with van der Waals surface area (Å²) < 4.78 is 27.2. The first-order valence-electron chi connectivity index (χ1n) is 5.25. The minimum absolute atomic E-state index is 0.309. The highest BCUT2D eigenvalue weighted by molar-refractivity contribution is 9.10. The second-order valence-corrected chi connectivity index (χ2v) is 6.85. The van der Waals surface area contributed by atoms with E-state index in [4.69, 9.17) is 0 Å². The van der Waals surface area contributed by atoms with Gasteiger partial charge in [-0.2, -0.15) is 0 Å². The lowest BCUT2D eigenvalue weighted by atomic mass is 10.3. The number of halogens is 1. The molecule has 0 radical (unpaired) electrons. The zero-order chi connectivity index (χ0) is 11.8. The average Bonchev–Trinajstić information content (AvgIpc) is 2.92. The molecule has 0 heterocycles. The van der Waals surface area contributed by atoms with Crippen LogP contribution in [-0.2, 0) is 10.0 Å². The van der Waals surface area contributed by atoms with Crippen LogP contribution >= 0.6 is 15.9 Å². The minimum atomic E-state index is -3.37. The van der Waals surface area contributed by atoms with Crippen LogP contribution in [0.15, 0.2) is 33.6 Å². The minimum Gasteiger partial charge on any atom is -0.211 e. The van der Waals surface area contributed by atoms with E-state index in [-0.39, 0.29) is 0 Å². The fraction of sp³-hybridized carbons (Fsp3) is 0.455. The number of sulfonamides is 1. The molecule has 5 heteroatoms. The van der Waals surface area contributed by atoms with Crippen LogP contribution < -0.4 is 4.72 Å². The van der Waals surface area contributed by atoms with Gasteiger partial charge in [0.25, 0.3) is 0 Å². The SMILES string of the molecule is CC1CC1CNS(=O)(=O)c1ccccc1Br. The number of nitrogens with one attached hydrogen (secondary N) is 1. The predicted molar refractivity (Wildman–Crippen MR) is 66.6 cm³/mol. The van der Waals surface area contributed by atoms with Crippen LogP contribution in [0.1, 0.15) is 13.3 Å². The molecule has 16 heavy (non-hydrogen) atoms. The molecule has 0 aromatic heterocycles. The van der Waals surface area contributed by atoms with E-state index in [0.29, 0.717) is 27.7 Å². The first kappa shape index (κ1) is 12.1. The summed E-state index contributed by atoms with van der Waals surface area (Å²) in [6, 6.07) is 6.85. The molecule has 0 amide bonds. The molecule has 1 aromatic rings. The molecule has 2 atom stereocenters. The zero-order valence-corrected chi connectivity index (χ0v) is 11.4. The number of hydrogen-bond donors (Lipinski definition) is 1. The van der Waals surface area contributed by atoms with Gasteiger partial charge in [0.15, 0.2) is 0 Å². The first-order valence-corrected chi connectivity index (χ1v) is 7.52. The van der Waals surface area contributed by atoms with E-state index in [0.717, 1.165) is 6.42 Å². The van der Waals surface area contributed by atoms with Crippen molar-refractivity contribution in [3.63, 3.8) is 0 Å². The lowest BCUT2D eigenvalue weighted by Crippen LogP contribution is -2.26. The topological polar surface area (TPSA) is 46.2 Å². The molecule has 0 saturated heterocycles. The van der Waals surface area contributed by atoms with Crippen molar-refractivity contribution in [3.05, 3.63) is 28.7 Å². The van der Waals surface area contributed by atoms with E-state index < -0.39 is 10.0 Å². The standard InChI is InChI=1S/C11H14BrNO2S/c1-8-6-9(8)7-13-16(14,15)11-5-3-2-4-10(11)12/h2-5,8-9,13H,6-7H2,1H3. The van der Waals surface area contributed by atoms with E-state index in [1.807, 2.05) is 0 Å². The molecule has 2 rings (SSSR count). The van der Waals surface area contributed by atoms with Crippen molar-refractivity contribution < 1.29 is 8.42 Å². The van der Waals surface area contributed by atoms with E-state index in [9.17, 15) is 8.42 Å². The zero-order valence-electron chi connectivity index (χ0n) is 8.98. The van der Waals surface area contributed by atoms with Crippen molar-refractivity contribution in [1.29, 1.82) is 0 Å². The van der Waals surface area contributed by atoms with E-state index in [2.05, 4.69) is 27.6 Å². The highest BCUT2D eigenvalue weighted by atomic mass is 79.9. The quantitative estimate of drug-likeness (QED) is 0.928. The van der Waals surface area contributed by atoms with Gasteiger partial charge in [0, 0.05) is 11.0 Å². The second kappa shape index (κ2) is 4.47. The van der Waals surface area contributed by atoms with E-state index in [1.165, 1.54) is 0 Å². The Morgan fingerprint density at radius 2 is 2.06 bits per heavy atom. The third-order valence-electron chi connectivity index (χ3n) is 2.94. The molecule has 0 aliphatic heterocycles. The Balaban J connectivity index is 2.10. The van der Waals surface area contributed by atoms with Crippen molar-refractivity contribution in [3.8, 4) is 0 Å². The molecule has 2 unspecified atom stereocenters. The molecular formula is C11H14BrNO2S. The fourth-order valence-corrected chi connectivity index (χ4v) is 3.74. The van der Waals surface area contributed by atoms with Crippen LogP contribution in [0.4, 0.5) is 0 Å². The van der Waals surface area contributed by atoms with Crippen molar-refractivity contribution >= 4 is 26.0 Å². The number of hydrogen-bond acceptors (Lipinski definition) is 2. The van der Waals surface area contributed by atoms with Crippen LogP contribution in [0.2, 0.25) is 0 Å². The molecule has 1 aliphatic carbocycles. The summed E-state index contributed by atoms with van der Waals surface area (Å²) in [6.45, 7) is 2.68. The molecule has 1 N–H and O–H groups in total. The summed E-state index contributed by atoms with van der Waals surface area (Å²) >= 11 is 3.25. The molecule has 1 aromatic carbocycles. The monoisotopic (exact) mass is 303 g/mol. The highest BCUT2D eigenvalue weighted by Crippen LogP contribution is 2.37. The smallest absolute Gasteiger partial charge is 0.211 e. The summed E-state index contributed by atoms with van der Waals surface area (Å²) in [6.07, 6.45) is 1.12. The summed E-state index contributed by atoms with van der Waals surface area (Å²) in [7, 11) is -3.37. The molecule has 1 aliphatic rings. The van der Waals surface area contributed by atoms with Crippen LogP contribution in [-0.4, -0.2) is 15.0 Å². The fourth-order valence-electron chi connectivity index (χ4n) is 1.64. The molecule has 0 bridgehead atoms. The average molecular weight is 304 g/mol. The van der Waals surface area contributed by atoms with E-state index >= 15 is 0 Å². The van der Waals surface area contributed by atoms with Crippen LogP contribution in [0.3, 0.4) is 0 Å². The molecule has 88 valence electrons. The van der Waals surface area contributed by atoms with Gasteiger partial charge >= 0.3 is 0 Å². The lowest BCUT2D eigenvalue weighted by Gasteiger charge is -2.07. The van der Waals surface area contributed by atoms with Gasteiger partial charge in [-0.05, 0) is 46.3 Å². The Bertz CT molecular complexity index is 487. The maximum atomic E-state index is 12.0. The summed E-state index contributed by atoms with van der Waals surface area (Å²) in [5, 5.41) is 0. The first-order chi connectivity index (χ1) is 7.50. The molecule has 0 spiro atoms. The second-order valence-electron chi connectivity index (χ2n) is 4.26. The lowest BCUT2D eigenvalue weighted by molar-refractivity contribution is 0.574. The summed E-state index contributed by atoms with van der Waals surface area (Å²) in [5.41, 5.74) is 0. The molecular weight excluding hydrogens is 290 g/mol. The van der Waals surface area contributed by atoms with Gasteiger partial charge in [-0.3, -0.25) is 0 Å². The van der Waals surface area contributed by atoms with Gasteiger partial charge < -0.3 is 0 Å². The summed E-state index contributed by atoms with van der Waals surface area (Å²) in [5.74, 6) is 1.17. The predicted octanol–water partition coefficient (Wildman–Crippen LogP) is 2.38. The highest BCUT2D eigenvalue weighted by Gasteiger charge is 2.33. The molecule has 1 saturated carbocycles.